The van der Waals surface area contributed by atoms with E-state index in [0.717, 1.165) is 54.0 Å². The zero-order valence-electron chi connectivity index (χ0n) is 21.8. The van der Waals surface area contributed by atoms with E-state index in [-0.39, 0.29) is 22.5 Å². The number of likely N-dealkylation sites (tertiary alicyclic amines) is 1. The number of rotatable bonds is 2. The summed E-state index contributed by atoms with van der Waals surface area (Å²) in [5.74, 6) is 6.12. The molecular formula is C30H43BrN2O2. The van der Waals surface area contributed by atoms with Gasteiger partial charge in [-0.2, -0.15) is 0 Å². The van der Waals surface area contributed by atoms with Crippen LogP contribution >= 0.6 is 15.9 Å². The monoisotopic (exact) mass is 542 g/mol. The van der Waals surface area contributed by atoms with E-state index in [1.807, 2.05) is 0 Å². The Morgan fingerprint density at radius 1 is 0.971 bits per heavy atom. The second kappa shape index (κ2) is 7.84. The zero-order chi connectivity index (χ0) is 24.3. The van der Waals surface area contributed by atoms with Crippen LogP contribution in [0.25, 0.3) is 0 Å². The van der Waals surface area contributed by atoms with Crippen LogP contribution in [0.4, 0.5) is 0 Å². The number of nitrogens with zero attached hydrogens (tertiary/aromatic N) is 1. The normalized spacial score (nSPS) is 52.3. The first-order valence-electron chi connectivity index (χ1n) is 14.6. The van der Waals surface area contributed by atoms with E-state index >= 15 is 0 Å². The van der Waals surface area contributed by atoms with E-state index in [0.29, 0.717) is 36.1 Å². The molecule has 0 aromatic heterocycles. The van der Waals surface area contributed by atoms with Crippen molar-refractivity contribution in [1.29, 1.82) is 0 Å². The molecule has 0 radical (unpaired) electrons. The molecule has 192 valence electrons. The maximum atomic E-state index is 13.9. The van der Waals surface area contributed by atoms with Crippen molar-refractivity contribution in [2.45, 2.75) is 90.5 Å². The number of fused-ring (bicyclic) bond motifs is 5. The van der Waals surface area contributed by atoms with Crippen molar-refractivity contribution >= 4 is 27.6 Å². The van der Waals surface area contributed by atoms with Crippen LogP contribution in [0.5, 0.6) is 0 Å². The summed E-state index contributed by atoms with van der Waals surface area (Å²) in [5.41, 5.74) is 1.46. The van der Waals surface area contributed by atoms with Crippen LogP contribution in [0.1, 0.15) is 84.5 Å². The average molecular weight is 544 g/mol. The Hall–Kier alpha value is -0.840. The van der Waals surface area contributed by atoms with Gasteiger partial charge >= 0.3 is 0 Å². The lowest BCUT2D eigenvalue weighted by Crippen LogP contribution is -2.59. The summed E-state index contributed by atoms with van der Waals surface area (Å²) in [6.45, 7) is 5.93. The lowest BCUT2D eigenvalue weighted by atomic mass is 9.49. The molecule has 1 heterocycles. The van der Waals surface area contributed by atoms with Crippen LogP contribution in [-0.4, -0.2) is 36.2 Å². The van der Waals surface area contributed by atoms with Crippen molar-refractivity contribution in [3.8, 4) is 0 Å². The van der Waals surface area contributed by atoms with Crippen LogP contribution in [0.2, 0.25) is 0 Å². The molecule has 0 unspecified atom stereocenters. The lowest BCUT2D eigenvalue weighted by Gasteiger charge is -2.60. The molecular weight excluding hydrogens is 500 g/mol. The third-order valence-electron chi connectivity index (χ3n) is 12.8. The summed E-state index contributed by atoms with van der Waals surface area (Å²) in [6.07, 6.45) is 13.2. The van der Waals surface area contributed by atoms with E-state index in [9.17, 15) is 9.59 Å². The molecule has 4 bridgehead atoms. The van der Waals surface area contributed by atoms with Gasteiger partial charge in [0.15, 0.2) is 5.78 Å². The Labute approximate surface area is 219 Å². The molecule has 0 aromatic carbocycles. The van der Waals surface area contributed by atoms with Gasteiger partial charge in [0, 0.05) is 43.1 Å². The van der Waals surface area contributed by atoms with Gasteiger partial charge in [0.2, 0.25) is 5.91 Å². The van der Waals surface area contributed by atoms with Gasteiger partial charge in [-0.25, -0.2) is 0 Å². The van der Waals surface area contributed by atoms with E-state index in [4.69, 9.17) is 0 Å². The first-order chi connectivity index (χ1) is 16.7. The Morgan fingerprint density at radius 2 is 1.66 bits per heavy atom. The molecule has 35 heavy (non-hydrogen) atoms. The maximum absolute atomic E-state index is 13.9. The Morgan fingerprint density at radius 3 is 2.34 bits per heavy atom. The summed E-state index contributed by atoms with van der Waals surface area (Å²) < 4.78 is 0.833. The summed E-state index contributed by atoms with van der Waals surface area (Å²) in [5, 5.41) is 3.71. The molecule has 0 aromatic rings. The number of halogens is 1. The van der Waals surface area contributed by atoms with Crippen molar-refractivity contribution in [2.24, 2.45) is 58.2 Å². The summed E-state index contributed by atoms with van der Waals surface area (Å²) in [7, 11) is 2.20. The molecule has 5 heteroatoms. The van der Waals surface area contributed by atoms with Gasteiger partial charge in [0.25, 0.3) is 0 Å². The number of nitrogens with one attached hydrogen (secondary N) is 1. The molecule has 4 nitrogen and oxygen atoms in total. The molecule has 7 fully saturated rings. The molecule has 1 aliphatic heterocycles. The fourth-order valence-electron chi connectivity index (χ4n) is 11.5. The Bertz CT molecular complexity index is 963. The number of Topliss-reactive ketones (excluding diaryl/α,β-unsaturated/α-hetero) is 1. The number of hydrogen-bond acceptors (Lipinski definition) is 3. The van der Waals surface area contributed by atoms with Crippen LogP contribution < -0.4 is 5.32 Å². The van der Waals surface area contributed by atoms with E-state index < -0.39 is 0 Å². The predicted molar refractivity (Wildman–Crippen MR) is 140 cm³/mol. The summed E-state index contributed by atoms with van der Waals surface area (Å²) in [6, 6.07) is 0.457. The third-order valence-corrected chi connectivity index (χ3v) is 13.7. The van der Waals surface area contributed by atoms with Gasteiger partial charge in [-0.1, -0.05) is 13.8 Å². The SMILES string of the molecule is CN1C[C@H]2[C@@H]3CC[C@H](C(=O)NC4C5CC6CC(C5)CC4C6)[C@@]3(C)CC[C@@H]2[C@@]2(C)CCC(=O)C(Br)=C12. The van der Waals surface area contributed by atoms with Crippen molar-refractivity contribution < 1.29 is 9.59 Å². The van der Waals surface area contributed by atoms with Crippen molar-refractivity contribution in [2.75, 3.05) is 13.6 Å². The molecule has 6 atom stereocenters. The minimum atomic E-state index is 0.0759. The lowest BCUT2D eigenvalue weighted by molar-refractivity contribution is -0.137. The third kappa shape index (κ3) is 3.21. The fraction of sp³-hybridized carbons (Fsp3) is 0.867. The first-order valence-corrected chi connectivity index (χ1v) is 15.4. The van der Waals surface area contributed by atoms with Crippen LogP contribution in [0.3, 0.4) is 0 Å². The molecule has 8 aliphatic rings. The average Bonchev–Trinajstić information content (AvgIpc) is 3.16. The smallest absolute Gasteiger partial charge is 0.223 e. The maximum Gasteiger partial charge on any atom is 0.223 e. The van der Waals surface area contributed by atoms with Crippen molar-refractivity contribution in [1.82, 2.24) is 10.2 Å². The van der Waals surface area contributed by atoms with Crippen molar-refractivity contribution in [3.63, 3.8) is 0 Å². The van der Waals surface area contributed by atoms with Crippen LogP contribution in [-0.2, 0) is 9.59 Å². The molecule has 8 rings (SSSR count). The number of carbonyl (C=O) groups is 2. The summed E-state index contributed by atoms with van der Waals surface area (Å²) >= 11 is 3.69. The highest BCUT2D eigenvalue weighted by Gasteiger charge is 2.62. The number of hydrogen-bond donors (Lipinski definition) is 1. The molecule has 1 saturated heterocycles. The topological polar surface area (TPSA) is 49.4 Å². The summed E-state index contributed by atoms with van der Waals surface area (Å²) in [4.78, 5) is 28.8. The minimum absolute atomic E-state index is 0.0759. The standard InChI is InChI=1S/C30H43BrN2O2/c1-29-8-6-22-20(15-33(3)27-25(31)24(34)7-9-30(22,27)2)21(29)4-5-23(29)28(35)32-26-18-11-16-10-17(13-18)14-19(26)12-16/h16-23,26H,4-15H2,1-3H3,(H,32,35)/t16?,17?,18?,19?,20-,21-,22-,23+,26?,29-,30+/m0/s1. The number of amides is 1. The van der Waals surface area contributed by atoms with Crippen molar-refractivity contribution in [3.05, 3.63) is 10.2 Å². The van der Waals surface area contributed by atoms with Gasteiger partial charge < -0.3 is 10.2 Å². The highest BCUT2D eigenvalue weighted by Crippen LogP contribution is 2.66. The van der Waals surface area contributed by atoms with Gasteiger partial charge in [0.1, 0.15) is 0 Å². The largest absolute Gasteiger partial charge is 0.376 e. The Kier molecular flexibility index (Phi) is 5.21. The molecule has 6 saturated carbocycles. The Balaban J connectivity index is 1.12. The fourth-order valence-corrected chi connectivity index (χ4v) is 12.5. The zero-order valence-corrected chi connectivity index (χ0v) is 23.4. The quantitative estimate of drug-likeness (QED) is 0.472. The highest BCUT2D eigenvalue weighted by atomic mass is 79.9. The number of carbonyl (C=O) groups excluding carboxylic acids is 2. The van der Waals surface area contributed by atoms with Gasteiger partial charge in [0.05, 0.1) is 4.48 Å². The number of piperidine rings is 1. The van der Waals surface area contributed by atoms with Crippen LogP contribution in [0.15, 0.2) is 10.2 Å². The number of ketones is 1. The number of allylic oxidation sites excluding steroid dienone is 2. The second-order valence-corrected chi connectivity index (χ2v) is 15.2. The molecule has 0 spiro atoms. The van der Waals surface area contributed by atoms with E-state index in [1.54, 1.807) is 0 Å². The van der Waals surface area contributed by atoms with E-state index in [1.165, 1.54) is 50.6 Å². The van der Waals surface area contributed by atoms with E-state index in [2.05, 4.69) is 47.0 Å². The minimum Gasteiger partial charge on any atom is -0.376 e. The second-order valence-electron chi connectivity index (χ2n) is 14.4. The van der Waals surface area contributed by atoms with Gasteiger partial charge in [-0.15, -0.1) is 0 Å². The van der Waals surface area contributed by atoms with Gasteiger partial charge in [-0.05, 0) is 127 Å². The van der Waals surface area contributed by atoms with Gasteiger partial charge in [-0.3, -0.25) is 9.59 Å². The predicted octanol–water partition coefficient (Wildman–Crippen LogP) is 5.91. The van der Waals surface area contributed by atoms with Crippen LogP contribution in [0, 0.1) is 58.2 Å². The molecule has 7 aliphatic carbocycles. The molecule has 1 amide bonds. The highest BCUT2D eigenvalue weighted by molar-refractivity contribution is 9.12. The molecule has 1 N–H and O–H groups in total. The first kappa shape index (κ1) is 23.3.